The molecule has 0 radical (unpaired) electrons. The van der Waals surface area contributed by atoms with Crippen molar-refractivity contribution >= 4 is 5.78 Å². The van der Waals surface area contributed by atoms with E-state index in [0.29, 0.717) is 11.3 Å². The molecule has 0 aliphatic heterocycles. The summed E-state index contributed by atoms with van der Waals surface area (Å²) in [5, 5.41) is 4.10. The van der Waals surface area contributed by atoms with Crippen LogP contribution in [0, 0.1) is 6.92 Å². The Labute approximate surface area is 99.8 Å². The number of carbonyl (C=O) groups is 1. The molecule has 1 heterocycles. The summed E-state index contributed by atoms with van der Waals surface area (Å²) >= 11 is 0. The molecule has 0 fully saturated rings. The topological polar surface area (TPSA) is 44.1 Å². The number of aryl methyl sites for hydroxylation is 1. The maximum Gasteiger partial charge on any atom is 0.168 e. The van der Waals surface area contributed by atoms with Crippen LogP contribution in [0.15, 0.2) is 30.5 Å². The van der Waals surface area contributed by atoms with Crippen molar-refractivity contribution in [2.75, 3.05) is 0 Å². The summed E-state index contributed by atoms with van der Waals surface area (Å²) in [6.07, 6.45) is 1.67. The van der Waals surface area contributed by atoms with Crippen molar-refractivity contribution in [3.05, 3.63) is 41.7 Å². The van der Waals surface area contributed by atoms with Crippen molar-refractivity contribution in [2.24, 2.45) is 7.05 Å². The smallest absolute Gasteiger partial charge is 0.168 e. The second-order valence-corrected chi connectivity index (χ2v) is 3.90. The Morgan fingerprint density at radius 3 is 2.41 bits per heavy atom. The van der Waals surface area contributed by atoms with Gasteiger partial charge in [-0.15, -0.1) is 0 Å². The molecule has 0 bridgehead atoms. The number of Topliss-reactive ketones (excluding diaryl/α,β-unsaturated/α-hetero) is 1. The van der Waals surface area contributed by atoms with Crippen molar-refractivity contribution in [2.45, 2.75) is 13.8 Å². The second kappa shape index (κ2) is 4.41. The number of nitrogens with zero attached hydrogens (tertiary/aromatic N) is 2. The van der Waals surface area contributed by atoms with Crippen molar-refractivity contribution in [3.63, 3.8) is 0 Å². The summed E-state index contributed by atoms with van der Waals surface area (Å²) < 4.78 is 7.42. The molecule has 1 aromatic carbocycles. The lowest BCUT2D eigenvalue weighted by molar-refractivity contribution is 0.101. The van der Waals surface area contributed by atoms with Crippen LogP contribution in [-0.2, 0) is 7.05 Å². The molecule has 0 N–H and O–H groups in total. The predicted molar refractivity (Wildman–Crippen MR) is 64.5 cm³/mol. The minimum atomic E-state index is 0.0501. The highest BCUT2D eigenvalue weighted by Gasteiger charge is 2.06. The lowest BCUT2D eigenvalue weighted by Gasteiger charge is -2.05. The van der Waals surface area contributed by atoms with E-state index < -0.39 is 0 Å². The lowest BCUT2D eigenvalue weighted by Crippen LogP contribution is -1.94. The van der Waals surface area contributed by atoms with Gasteiger partial charge in [-0.3, -0.25) is 9.48 Å². The number of hydrogen-bond acceptors (Lipinski definition) is 3. The lowest BCUT2D eigenvalue weighted by atomic mass is 10.1. The molecule has 0 aliphatic carbocycles. The highest BCUT2D eigenvalue weighted by atomic mass is 16.5. The van der Waals surface area contributed by atoms with Crippen LogP contribution in [0.5, 0.6) is 11.5 Å². The highest BCUT2D eigenvalue weighted by molar-refractivity contribution is 5.94. The van der Waals surface area contributed by atoms with E-state index in [2.05, 4.69) is 5.10 Å². The zero-order valence-corrected chi connectivity index (χ0v) is 10.1. The van der Waals surface area contributed by atoms with Crippen LogP contribution in [0.3, 0.4) is 0 Å². The van der Waals surface area contributed by atoms with Crippen LogP contribution >= 0.6 is 0 Å². The maximum atomic E-state index is 11.1. The molecule has 4 nitrogen and oxygen atoms in total. The van der Waals surface area contributed by atoms with E-state index in [4.69, 9.17) is 4.74 Å². The molecular weight excluding hydrogens is 216 g/mol. The fourth-order valence-electron chi connectivity index (χ4n) is 1.46. The predicted octanol–water partition coefficient (Wildman–Crippen LogP) is 2.72. The molecule has 88 valence electrons. The van der Waals surface area contributed by atoms with Gasteiger partial charge in [0.05, 0.1) is 11.9 Å². The first-order chi connectivity index (χ1) is 8.08. The SMILES string of the molecule is CC(=O)c1ccc(Oc2cnn(C)c2C)cc1. The van der Waals surface area contributed by atoms with Gasteiger partial charge in [-0.05, 0) is 38.1 Å². The first kappa shape index (κ1) is 11.4. The number of ether oxygens (including phenoxy) is 1. The zero-order chi connectivity index (χ0) is 12.4. The number of aromatic nitrogens is 2. The quantitative estimate of drug-likeness (QED) is 0.761. The Balaban J connectivity index is 2.19. The maximum absolute atomic E-state index is 11.1. The van der Waals surface area contributed by atoms with Crippen LogP contribution in [-0.4, -0.2) is 15.6 Å². The van der Waals surface area contributed by atoms with E-state index >= 15 is 0 Å². The van der Waals surface area contributed by atoms with Gasteiger partial charge in [-0.25, -0.2) is 0 Å². The van der Waals surface area contributed by atoms with Gasteiger partial charge in [0.1, 0.15) is 5.75 Å². The summed E-state index contributed by atoms with van der Waals surface area (Å²) in [5.74, 6) is 1.48. The minimum absolute atomic E-state index is 0.0501. The molecule has 1 aromatic heterocycles. The van der Waals surface area contributed by atoms with E-state index in [1.165, 1.54) is 0 Å². The third-order valence-corrected chi connectivity index (χ3v) is 2.68. The summed E-state index contributed by atoms with van der Waals surface area (Å²) in [6.45, 7) is 3.48. The summed E-state index contributed by atoms with van der Waals surface area (Å²) in [6, 6.07) is 7.07. The second-order valence-electron chi connectivity index (χ2n) is 3.90. The van der Waals surface area contributed by atoms with Crippen molar-refractivity contribution in [3.8, 4) is 11.5 Å². The van der Waals surface area contributed by atoms with Gasteiger partial charge in [0, 0.05) is 12.6 Å². The van der Waals surface area contributed by atoms with Crippen LogP contribution in [0.25, 0.3) is 0 Å². The first-order valence-corrected chi connectivity index (χ1v) is 5.35. The first-order valence-electron chi connectivity index (χ1n) is 5.35. The normalized spacial score (nSPS) is 10.3. The number of benzene rings is 1. The van der Waals surface area contributed by atoms with E-state index in [9.17, 15) is 4.79 Å². The minimum Gasteiger partial charge on any atom is -0.454 e. The highest BCUT2D eigenvalue weighted by Crippen LogP contribution is 2.24. The third kappa shape index (κ3) is 2.36. The van der Waals surface area contributed by atoms with Gasteiger partial charge < -0.3 is 4.74 Å². The Morgan fingerprint density at radius 2 is 1.94 bits per heavy atom. The van der Waals surface area contributed by atoms with E-state index in [1.807, 2.05) is 14.0 Å². The summed E-state index contributed by atoms with van der Waals surface area (Å²) in [5.41, 5.74) is 1.64. The largest absolute Gasteiger partial charge is 0.454 e. The van der Waals surface area contributed by atoms with Crippen molar-refractivity contribution in [1.29, 1.82) is 0 Å². The Kier molecular flexibility index (Phi) is 2.95. The number of rotatable bonds is 3. The molecule has 0 amide bonds. The molecule has 0 saturated carbocycles. The molecule has 0 spiro atoms. The Hall–Kier alpha value is -2.10. The van der Waals surface area contributed by atoms with Gasteiger partial charge >= 0.3 is 0 Å². The summed E-state index contributed by atoms with van der Waals surface area (Å²) in [4.78, 5) is 11.1. The summed E-state index contributed by atoms with van der Waals surface area (Å²) in [7, 11) is 1.86. The molecule has 17 heavy (non-hydrogen) atoms. The van der Waals surface area contributed by atoms with Gasteiger partial charge in [-0.1, -0.05) is 0 Å². The van der Waals surface area contributed by atoms with Gasteiger partial charge in [0.15, 0.2) is 11.5 Å². The van der Waals surface area contributed by atoms with Crippen molar-refractivity contribution < 1.29 is 9.53 Å². The standard InChI is InChI=1S/C13H14N2O2/c1-9-13(8-14-15(9)3)17-12-6-4-11(5-7-12)10(2)16/h4-8H,1-3H3. The fourth-order valence-corrected chi connectivity index (χ4v) is 1.46. The molecule has 2 rings (SSSR count). The number of ketones is 1. The Morgan fingerprint density at radius 1 is 1.29 bits per heavy atom. The van der Waals surface area contributed by atoms with Crippen molar-refractivity contribution in [1.82, 2.24) is 9.78 Å². The van der Waals surface area contributed by atoms with E-state index in [-0.39, 0.29) is 5.78 Å². The van der Waals surface area contributed by atoms with Gasteiger partial charge in [0.25, 0.3) is 0 Å². The van der Waals surface area contributed by atoms with Crippen LogP contribution in [0.1, 0.15) is 23.0 Å². The average Bonchev–Trinajstić information content (AvgIpc) is 2.62. The molecule has 4 heteroatoms. The number of carbonyl (C=O) groups excluding carboxylic acids is 1. The average molecular weight is 230 g/mol. The molecule has 0 saturated heterocycles. The molecule has 0 atom stereocenters. The van der Waals surface area contributed by atoms with Crippen LogP contribution < -0.4 is 4.74 Å². The Bertz CT molecular complexity index is 541. The molecular formula is C13H14N2O2. The number of hydrogen-bond donors (Lipinski definition) is 0. The molecule has 2 aromatic rings. The van der Waals surface area contributed by atoms with Crippen LogP contribution in [0.2, 0.25) is 0 Å². The molecule has 0 aliphatic rings. The van der Waals surface area contributed by atoms with Crippen LogP contribution in [0.4, 0.5) is 0 Å². The van der Waals surface area contributed by atoms with E-state index in [0.717, 1.165) is 11.4 Å². The fraction of sp³-hybridized carbons (Fsp3) is 0.231. The van der Waals surface area contributed by atoms with E-state index in [1.54, 1.807) is 42.1 Å². The van der Waals surface area contributed by atoms with Gasteiger partial charge in [-0.2, -0.15) is 5.10 Å². The van der Waals surface area contributed by atoms with Gasteiger partial charge in [0.2, 0.25) is 0 Å². The zero-order valence-electron chi connectivity index (χ0n) is 10.1. The molecule has 0 unspecified atom stereocenters. The monoisotopic (exact) mass is 230 g/mol. The third-order valence-electron chi connectivity index (χ3n) is 2.68.